The van der Waals surface area contributed by atoms with Gasteiger partial charge in [0, 0.05) is 5.56 Å². The van der Waals surface area contributed by atoms with E-state index in [9.17, 15) is 4.79 Å². The zero-order valence-electron chi connectivity index (χ0n) is 8.29. The van der Waals surface area contributed by atoms with E-state index in [4.69, 9.17) is 5.26 Å². The average Bonchev–Trinajstić information content (AvgIpc) is 2.64. The first-order valence-electron chi connectivity index (χ1n) is 4.96. The quantitative estimate of drug-likeness (QED) is 0.657. The Labute approximate surface area is 91.9 Å². The zero-order valence-corrected chi connectivity index (χ0v) is 8.29. The van der Waals surface area contributed by atoms with Crippen molar-refractivity contribution >= 4 is 5.78 Å². The summed E-state index contributed by atoms with van der Waals surface area (Å²) in [6.45, 7) is 0. The lowest BCUT2D eigenvalue weighted by atomic mass is 9.91. The summed E-state index contributed by atoms with van der Waals surface area (Å²) in [4.78, 5) is 12.0. The molecule has 0 spiro atoms. The van der Waals surface area contributed by atoms with Crippen LogP contribution >= 0.6 is 0 Å². The topological polar surface area (TPSA) is 65.6 Å². The molecule has 0 radical (unpaired) electrons. The van der Waals surface area contributed by atoms with Gasteiger partial charge in [-0.25, -0.2) is 0 Å². The summed E-state index contributed by atoms with van der Waals surface area (Å²) < 4.78 is 0. The number of ketones is 1. The second-order valence-electron chi connectivity index (χ2n) is 3.80. The van der Waals surface area contributed by atoms with E-state index in [2.05, 4.69) is 16.3 Å². The molecule has 2 unspecified atom stereocenters. The van der Waals surface area contributed by atoms with Crippen LogP contribution in [0, 0.1) is 11.3 Å². The van der Waals surface area contributed by atoms with Gasteiger partial charge in [-0.2, -0.15) is 15.5 Å². The zero-order chi connectivity index (χ0) is 11.1. The van der Waals surface area contributed by atoms with Gasteiger partial charge in [-0.15, -0.1) is 0 Å². The fraction of sp³-hybridized carbons (Fsp3) is 0.167. The summed E-state index contributed by atoms with van der Waals surface area (Å²) in [6.07, 6.45) is 1.44. The standard InChI is InChI=1S/C12H7N3O/c13-5-7-6-14-15-11-10(7)8-3-1-2-4-9(8)12(11)16/h1-4,6,10-11H. The summed E-state index contributed by atoms with van der Waals surface area (Å²) in [6, 6.07) is 8.91. The van der Waals surface area contributed by atoms with E-state index in [0.717, 1.165) is 5.56 Å². The highest BCUT2D eigenvalue weighted by molar-refractivity contribution is 6.06. The molecule has 1 heterocycles. The predicted octanol–water partition coefficient (Wildman–Crippen LogP) is 2.21. The van der Waals surface area contributed by atoms with Gasteiger partial charge >= 0.3 is 0 Å². The van der Waals surface area contributed by atoms with Crippen molar-refractivity contribution in [3.63, 3.8) is 0 Å². The van der Waals surface area contributed by atoms with E-state index in [1.165, 1.54) is 6.20 Å². The summed E-state index contributed by atoms with van der Waals surface area (Å²) in [7, 11) is 0. The Bertz CT molecular complexity index is 580. The molecule has 1 aliphatic carbocycles. The maximum Gasteiger partial charge on any atom is 0.190 e. The van der Waals surface area contributed by atoms with Crippen molar-refractivity contribution in [1.82, 2.24) is 0 Å². The van der Waals surface area contributed by atoms with Crippen LogP contribution in [0.2, 0.25) is 0 Å². The van der Waals surface area contributed by atoms with Crippen molar-refractivity contribution in [1.29, 1.82) is 5.26 Å². The second-order valence-corrected chi connectivity index (χ2v) is 3.80. The maximum absolute atomic E-state index is 12.0. The molecule has 2 aliphatic rings. The van der Waals surface area contributed by atoms with Crippen LogP contribution in [0.1, 0.15) is 21.8 Å². The summed E-state index contributed by atoms with van der Waals surface area (Å²) in [5, 5.41) is 16.7. The Morgan fingerprint density at radius 3 is 2.94 bits per heavy atom. The van der Waals surface area contributed by atoms with E-state index in [1.54, 1.807) is 6.07 Å². The number of hydrogen-bond acceptors (Lipinski definition) is 4. The van der Waals surface area contributed by atoms with Crippen LogP contribution in [0.3, 0.4) is 0 Å². The minimum atomic E-state index is -0.531. The Kier molecular flexibility index (Phi) is 1.74. The van der Waals surface area contributed by atoms with Crippen LogP contribution in [0.4, 0.5) is 0 Å². The van der Waals surface area contributed by atoms with Gasteiger partial charge in [0.25, 0.3) is 0 Å². The van der Waals surface area contributed by atoms with Crippen LogP contribution in [-0.2, 0) is 0 Å². The van der Waals surface area contributed by atoms with Gasteiger partial charge in [0.15, 0.2) is 5.78 Å². The van der Waals surface area contributed by atoms with Crippen molar-refractivity contribution in [3.05, 3.63) is 47.2 Å². The molecular formula is C12H7N3O. The molecule has 1 aromatic carbocycles. The highest BCUT2D eigenvalue weighted by atomic mass is 16.1. The second kappa shape index (κ2) is 3.11. The third-order valence-corrected chi connectivity index (χ3v) is 3.00. The number of fused-ring (bicyclic) bond motifs is 3. The highest BCUT2D eigenvalue weighted by Crippen LogP contribution is 2.41. The average molecular weight is 209 g/mol. The number of carbonyl (C=O) groups excluding carboxylic acids is 1. The van der Waals surface area contributed by atoms with Crippen molar-refractivity contribution in [2.45, 2.75) is 12.0 Å². The third kappa shape index (κ3) is 0.999. The van der Waals surface area contributed by atoms with Gasteiger partial charge < -0.3 is 0 Å². The van der Waals surface area contributed by atoms with Crippen molar-refractivity contribution < 1.29 is 4.79 Å². The minimum absolute atomic E-state index is 0.0369. The van der Waals surface area contributed by atoms with Crippen LogP contribution in [0.25, 0.3) is 0 Å². The SMILES string of the molecule is N#CC1=CN=NC2C(=O)c3ccccc3C12. The molecule has 16 heavy (non-hydrogen) atoms. The maximum atomic E-state index is 12.0. The third-order valence-electron chi connectivity index (χ3n) is 3.00. The molecule has 76 valence electrons. The molecule has 0 saturated heterocycles. The smallest absolute Gasteiger partial charge is 0.190 e. The van der Waals surface area contributed by atoms with Gasteiger partial charge in [-0.05, 0) is 5.56 Å². The van der Waals surface area contributed by atoms with Gasteiger partial charge in [-0.1, -0.05) is 24.3 Å². The number of nitriles is 1. The fourth-order valence-corrected chi connectivity index (χ4v) is 2.28. The lowest BCUT2D eigenvalue weighted by molar-refractivity contribution is 0.0967. The van der Waals surface area contributed by atoms with Crippen molar-refractivity contribution in [2.24, 2.45) is 10.2 Å². The van der Waals surface area contributed by atoms with E-state index in [-0.39, 0.29) is 11.7 Å². The number of nitrogens with zero attached hydrogens (tertiary/aromatic N) is 3. The Morgan fingerprint density at radius 1 is 1.31 bits per heavy atom. The summed E-state index contributed by atoms with van der Waals surface area (Å²) in [5.74, 6) is -0.267. The summed E-state index contributed by atoms with van der Waals surface area (Å²) in [5.41, 5.74) is 2.07. The van der Waals surface area contributed by atoms with E-state index < -0.39 is 6.04 Å². The molecule has 0 bridgehead atoms. The van der Waals surface area contributed by atoms with Crippen molar-refractivity contribution in [2.75, 3.05) is 0 Å². The van der Waals surface area contributed by atoms with Crippen LogP contribution in [0.15, 0.2) is 46.3 Å². The number of hydrogen-bond donors (Lipinski definition) is 0. The molecule has 1 aliphatic heterocycles. The largest absolute Gasteiger partial charge is 0.292 e. The molecule has 0 fully saturated rings. The molecule has 1 aromatic rings. The van der Waals surface area contributed by atoms with Gasteiger partial charge in [-0.3, -0.25) is 4.79 Å². The van der Waals surface area contributed by atoms with Crippen molar-refractivity contribution in [3.8, 4) is 6.07 Å². The molecular weight excluding hydrogens is 202 g/mol. The minimum Gasteiger partial charge on any atom is -0.292 e. The van der Waals surface area contributed by atoms with Crippen LogP contribution in [0.5, 0.6) is 0 Å². The summed E-state index contributed by atoms with van der Waals surface area (Å²) >= 11 is 0. The predicted molar refractivity (Wildman–Crippen MR) is 55.9 cm³/mol. The number of azo groups is 1. The van der Waals surface area contributed by atoms with Gasteiger partial charge in [0.1, 0.15) is 6.04 Å². The van der Waals surface area contributed by atoms with Gasteiger partial charge in [0.2, 0.25) is 0 Å². The number of benzene rings is 1. The van der Waals surface area contributed by atoms with Crippen LogP contribution < -0.4 is 0 Å². The Balaban J connectivity index is 2.23. The molecule has 0 N–H and O–H groups in total. The molecule has 0 aromatic heterocycles. The first kappa shape index (κ1) is 8.98. The molecule has 3 rings (SSSR count). The highest BCUT2D eigenvalue weighted by Gasteiger charge is 2.43. The first-order valence-corrected chi connectivity index (χ1v) is 4.96. The number of Topliss-reactive ketones (excluding diaryl/α,β-unsaturated/α-hetero) is 1. The monoisotopic (exact) mass is 209 g/mol. The lowest BCUT2D eigenvalue weighted by Crippen LogP contribution is -2.20. The molecule has 4 heteroatoms. The first-order chi connectivity index (χ1) is 7.83. The van der Waals surface area contributed by atoms with E-state index in [0.29, 0.717) is 11.1 Å². The molecule has 0 saturated carbocycles. The lowest BCUT2D eigenvalue weighted by Gasteiger charge is -2.15. The van der Waals surface area contributed by atoms with Gasteiger partial charge in [0.05, 0.1) is 23.8 Å². The van der Waals surface area contributed by atoms with Crippen LogP contribution in [-0.4, -0.2) is 11.8 Å². The molecule has 2 atom stereocenters. The number of carbonyl (C=O) groups is 1. The normalized spacial score (nSPS) is 25.7. The van der Waals surface area contributed by atoms with E-state index >= 15 is 0 Å². The fourth-order valence-electron chi connectivity index (χ4n) is 2.28. The Morgan fingerprint density at radius 2 is 2.12 bits per heavy atom. The number of rotatable bonds is 0. The molecule has 0 amide bonds. The Hall–Kier alpha value is -2.28. The molecule has 4 nitrogen and oxygen atoms in total. The van der Waals surface area contributed by atoms with E-state index in [1.807, 2.05) is 18.2 Å².